The summed E-state index contributed by atoms with van der Waals surface area (Å²) in [6.07, 6.45) is 1.36. The maximum Gasteiger partial charge on any atom is 0.290 e. The van der Waals surface area contributed by atoms with Gasteiger partial charge < -0.3 is 10.2 Å². The lowest BCUT2D eigenvalue weighted by Gasteiger charge is -2.47. The zero-order valence-corrected chi connectivity index (χ0v) is 11.6. The minimum Gasteiger partial charge on any atom is -0.353 e. The Bertz CT molecular complexity index is 509. The third-order valence-corrected chi connectivity index (χ3v) is 4.12. The van der Waals surface area contributed by atoms with Crippen LogP contribution in [0.25, 0.3) is 0 Å². The SMILES string of the molecule is Cc1cc(N2CC(N3CCNCC3)C2)ncc1[N+](=O)[O-]. The molecular weight excluding hydrogens is 258 g/mol. The van der Waals surface area contributed by atoms with E-state index < -0.39 is 0 Å². The molecule has 0 bridgehead atoms. The molecule has 2 fully saturated rings. The van der Waals surface area contributed by atoms with Gasteiger partial charge in [0, 0.05) is 50.9 Å². The van der Waals surface area contributed by atoms with Crippen LogP contribution in [0, 0.1) is 17.0 Å². The molecule has 0 spiro atoms. The second kappa shape index (κ2) is 5.34. The van der Waals surface area contributed by atoms with Crippen molar-refractivity contribution in [2.45, 2.75) is 13.0 Å². The van der Waals surface area contributed by atoms with Gasteiger partial charge in [0.15, 0.2) is 0 Å². The quantitative estimate of drug-likeness (QED) is 0.636. The van der Waals surface area contributed by atoms with Crippen LogP contribution in [0.2, 0.25) is 0 Å². The van der Waals surface area contributed by atoms with E-state index in [4.69, 9.17) is 0 Å². The van der Waals surface area contributed by atoms with Crippen molar-refractivity contribution < 1.29 is 4.92 Å². The van der Waals surface area contributed by atoms with Crippen molar-refractivity contribution in [2.24, 2.45) is 0 Å². The Labute approximate surface area is 117 Å². The Morgan fingerprint density at radius 2 is 2.10 bits per heavy atom. The van der Waals surface area contributed by atoms with Gasteiger partial charge in [0.25, 0.3) is 5.69 Å². The number of piperazine rings is 1. The fraction of sp³-hybridized carbons (Fsp3) is 0.615. The number of nitrogens with zero attached hydrogens (tertiary/aromatic N) is 4. The Kier molecular flexibility index (Phi) is 3.54. The lowest BCUT2D eigenvalue weighted by atomic mass is 10.1. The molecule has 0 aromatic carbocycles. The van der Waals surface area contributed by atoms with Crippen LogP contribution in [0.15, 0.2) is 12.3 Å². The summed E-state index contributed by atoms with van der Waals surface area (Å²) >= 11 is 0. The molecule has 7 heteroatoms. The zero-order chi connectivity index (χ0) is 14.1. The molecule has 2 aliphatic rings. The van der Waals surface area contributed by atoms with E-state index >= 15 is 0 Å². The van der Waals surface area contributed by atoms with Crippen molar-refractivity contribution in [2.75, 3.05) is 44.2 Å². The first-order valence-electron chi connectivity index (χ1n) is 6.96. The van der Waals surface area contributed by atoms with Crippen LogP contribution in [-0.4, -0.2) is 60.1 Å². The van der Waals surface area contributed by atoms with E-state index in [1.807, 2.05) is 6.07 Å². The molecule has 7 nitrogen and oxygen atoms in total. The first-order valence-corrected chi connectivity index (χ1v) is 6.96. The number of pyridine rings is 1. The lowest BCUT2D eigenvalue weighted by molar-refractivity contribution is -0.385. The Balaban J connectivity index is 1.62. The van der Waals surface area contributed by atoms with Crippen molar-refractivity contribution in [1.29, 1.82) is 0 Å². The number of hydrogen-bond donors (Lipinski definition) is 1. The van der Waals surface area contributed by atoms with Crippen molar-refractivity contribution in [1.82, 2.24) is 15.2 Å². The van der Waals surface area contributed by atoms with Gasteiger partial charge in [-0.1, -0.05) is 0 Å². The first-order chi connectivity index (χ1) is 9.65. The van der Waals surface area contributed by atoms with E-state index in [0.29, 0.717) is 11.6 Å². The second-order valence-electron chi connectivity index (χ2n) is 5.43. The summed E-state index contributed by atoms with van der Waals surface area (Å²) in [6, 6.07) is 2.40. The van der Waals surface area contributed by atoms with Crippen LogP contribution in [-0.2, 0) is 0 Å². The highest BCUT2D eigenvalue weighted by atomic mass is 16.6. The molecule has 1 N–H and O–H groups in total. The summed E-state index contributed by atoms with van der Waals surface area (Å²) in [4.78, 5) is 19.3. The van der Waals surface area contributed by atoms with Crippen LogP contribution in [0.1, 0.15) is 5.56 Å². The van der Waals surface area contributed by atoms with Crippen LogP contribution in [0.4, 0.5) is 11.5 Å². The van der Waals surface area contributed by atoms with Gasteiger partial charge in [-0.3, -0.25) is 15.0 Å². The molecule has 3 heterocycles. The summed E-state index contributed by atoms with van der Waals surface area (Å²) in [5, 5.41) is 14.1. The van der Waals surface area contributed by atoms with Crippen LogP contribution in [0.5, 0.6) is 0 Å². The number of anilines is 1. The highest BCUT2D eigenvalue weighted by Gasteiger charge is 2.33. The fourth-order valence-corrected chi connectivity index (χ4v) is 2.82. The maximum absolute atomic E-state index is 10.8. The molecule has 0 unspecified atom stereocenters. The molecule has 2 aliphatic heterocycles. The average Bonchev–Trinajstić information content (AvgIpc) is 2.38. The largest absolute Gasteiger partial charge is 0.353 e. The molecule has 3 rings (SSSR count). The fourth-order valence-electron chi connectivity index (χ4n) is 2.82. The molecule has 20 heavy (non-hydrogen) atoms. The number of hydrogen-bond acceptors (Lipinski definition) is 6. The number of nitrogens with one attached hydrogen (secondary N) is 1. The Morgan fingerprint density at radius 1 is 1.40 bits per heavy atom. The molecule has 0 radical (unpaired) electrons. The number of aromatic nitrogens is 1. The minimum absolute atomic E-state index is 0.0907. The monoisotopic (exact) mass is 277 g/mol. The number of rotatable bonds is 3. The van der Waals surface area contributed by atoms with E-state index in [1.165, 1.54) is 6.20 Å². The van der Waals surface area contributed by atoms with Crippen molar-refractivity contribution in [3.05, 3.63) is 27.9 Å². The molecular formula is C13H19N5O2. The summed E-state index contributed by atoms with van der Waals surface area (Å²) in [7, 11) is 0. The summed E-state index contributed by atoms with van der Waals surface area (Å²) in [5.41, 5.74) is 0.763. The van der Waals surface area contributed by atoms with Gasteiger partial charge >= 0.3 is 0 Å². The normalized spacial score (nSPS) is 20.8. The molecule has 108 valence electrons. The van der Waals surface area contributed by atoms with Gasteiger partial charge in [-0.2, -0.15) is 0 Å². The topological polar surface area (TPSA) is 74.5 Å². The number of nitro groups is 1. The maximum atomic E-state index is 10.8. The van der Waals surface area contributed by atoms with E-state index in [0.717, 1.165) is 45.1 Å². The Morgan fingerprint density at radius 3 is 2.70 bits per heavy atom. The lowest BCUT2D eigenvalue weighted by Crippen LogP contribution is -2.63. The molecule has 1 aromatic heterocycles. The summed E-state index contributed by atoms with van der Waals surface area (Å²) < 4.78 is 0. The van der Waals surface area contributed by atoms with E-state index in [1.54, 1.807) is 6.92 Å². The van der Waals surface area contributed by atoms with Crippen LogP contribution in [0.3, 0.4) is 0 Å². The highest BCUT2D eigenvalue weighted by Crippen LogP contribution is 2.26. The van der Waals surface area contributed by atoms with Gasteiger partial charge in [-0.25, -0.2) is 4.98 Å². The Hall–Kier alpha value is -1.73. The smallest absolute Gasteiger partial charge is 0.290 e. The van der Waals surface area contributed by atoms with Crippen molar-refractivity contribution >= 4 is 11.5 Å². The average molecular weight is 277 g/mol. The predicted molar refractivity (Wildman–Crippen MR) is 76.1 cm³/mol. The molecule has 2 saturated heterocycles. The minimum atomic E-state index is -0.383. The standard InChI is InChI=1S/C13H19N5O2/c1-10-6-13(15-7-12(10)18(19)20)17-8-11(9-17)16-4-2-14-3-5-16/h6-7,11,14H,2-5,8-9H2,1H3. The molecule has 0 atom stereocenters. The van der Waals surface area contributed by atoms with Gasteiger partial charge in [-0.05, 0) is 13.0 Å². The predicted octanol–water partition coefficient (Wildman–Crippen LogP) is 0.392. The molecule has 0 amide bonds. The molecule has 0 saturated carbocycles. The third-order valence-electron chi connectivity index (χ3n) is 4.12. The van der Waals surface area contributed by atoms with E-state index in [-0.39, 0.29) is 10.6 Å². The first kappa shape index (κ1) is 13.3. The van der Waals surface area contributed by atoms with Crippen LogP contribution < -0.4 is 10.2 Å². The van der Waals surface area contributed by atoms with Crippen molar-refractivity contribution in [3.63, 3.8) is 0 Å². The van der Waals surface area contributed by atoms with Gasteiger partial charge in [0.05, 0.1) is 4.92 Å². The molecule has 1 aromatic rings. The summed E-state index contributed by atoms with van der Waals surface area (Å²) in [6.45, 7) is 8.01. The van der Waals surface area contributed by atoms with Gasteiger partial charge in [0.2, 0.25) is 0 Å². The van der Waals surface area contributed by atoms with Gasteiger partial charge in [0.1, 0.15) is 12.0 Å². The van der Waals surface area contributed by atoms with Crippen molar-refractivity contribution in [3.8, 4) is 0 Å². The van der Waals surface area contributed by atoms with Gasteiger partial charge in [-0.15, -0.1) is 0 Å². The third kappa shape index (κ3) is 2.46. The second-order valence-corrected chi connectivity index (χ2v) is 5.43. The highest BCUT2D eigenvalue weighted by molar-refractivity contribution is 5.50. The van der Waals surface area contributed by atoms with Crippen LogP contribution >= 0.6 is 0 Å². The van der Waals surface area contributed by atoms with E-state index in [2.05, 4.69) is 20.1 Å². The summed E-state index contributed by atoms with van der Waals surface area (Å²) in [5.74, 6) is 0.847. The zero-order valence-electron chi connectivity index (χ0n) is 11.6. The molecule has 0 aliphatic carbocycles. The van der Waals surface area contributed by atoms with E-state index in [9.17, 15) is 10.1 Å². The number of aryl methyl sites for hydroxylation is 1.